The molecule has 0 bridgehead atoms. The number of amides is 1. The third-order valence-electron chi connectivity index (χ3n) is 6.19. The van der Waals surface area contributed by atoms with Gasteiger partial charge in [-0.25, -0.2) is 0 Å². The molecule has 1 amide bonds. The zero-order valence-corrected chi connectivity index (χ0v) is 14.3. The minimum absolute atomic E-state index is 0.145. The lowest BCUT2D eigenvalue weighted by molar-refractivity contribution is -0.972. The summed E-state index contributed by atoms with van der Waals surface area (Å²) in [6, 6.07) is 10.8. The number of piperazine rings is 1. The Morgan fingerprint density at radius 1 is 1.17 bits per heavy atom. The van der Waals surface area contributed by atoms with E-state index in [1.54, 1.807) is 0 Å². The Balaban J connectivity index is 1.93. The molecule has 1 saturated heterocycles. The molecule has 1 aliphatic heterocycles. The minimum Gasteiger partial charge on any atom is -0.365 e. The van der Waals surface area contributed by atoms with Gasteiger partial charge < -0.3 is 10.2 Å². The minimum atomic E-state index is -0.145. The van der Waals surface area contributed by atoms with Crippen molar-refractivity contribution >= 4 is 5.91 Å². The standard InChI is InChI=1S/C19H29N3O/c1-21-11-13-22(14-12-21,16-18(20)23)19(9-5-6-10-19)15-17-7-3-2-4-8-17/h2-4,7-8H,5-6,9-16H2,1H3,(H-,20,23)/p+1. The summed E-state index contributed by atoms with van der Waals surface area (Å²) in [7, 11) is 2.18. The first-order chi connectivity index (χ1) is 11.1. The summed E-state index contributed by atoms with van der Waals surface area (Å²) in [5.74, 6) is -0.145. The number of hydrogen-bond acceptors (Lipinski definition) is 2. The number of carbonyl (C=O) groups excluding carboxylic acids is 1. The summed E-state index contributed by atoms with van der Waals surface area (Å²) in [6.45, 7) is 4.72. The van der Waals surface area contributed by atoms with Crippen molar-refractivity contribution in [3.63, 3.8) is 0 Å². The third kappa shape index (κ3) is 3.29. The maximum Gasteiger partial charge on any atom is 0.272 e. The van der Waals surface area contributed by atoms with Gasteiger partial charge in [-0.1, -0.05) is 30.3 Å². The van der Waals surface area contributed by atoms with Crippen LogP contribution in [0.4, 0.5) is 0 Å². The number of carbonyl (C=O) groups is 1. The summed E-state index contributed by atoms with van der Waals surface area (Å²) in [4.78, 5) is 14.3. The van der Waals surface area contributed by atoms with Gasteiger partial charge in [-0.3, -0.25) is 9.69 Å². The predicted molar refractivity (Wildman–Crippen MR) is 92.9 cm³/mol. The molecule has 0 spiro atoms. The van der Waals surface area contributed by atoms with E-state index in [2.05, 4.69) is 42.3 Å². The van der Waals surface area contributed by atoms with Crippen LogP contribution in [0.3, 0.4) is 0 Å². The topological polar surface area (TPSA) is 46.3 Å². The van der Waals surface area contributed by atoms with E-state index in [0.29, 0.717) is 6.54 Å². The fraction of sp³-hybridized carbons (Fsp3) is 0.632. The molecule has 2 fully saturated rings. The van der Waals surface area contributed by atoms with E-state index in [1.165, 1.54) is 31.2 Å². The van der Waals surface area contributed by atoms with E-state index in [4.69, 9.17) is 5.73 Å². The quantitative estimate of drug-likeness (QED) is 0.842. The van der Waals surface area contributed by atoms with Gasteiger partial charge in [-0.2, -0.15) is 0 Å². The van der Waals surface area contributed by atoms with Crippen molar-refractivity contribution < 1.29 is 9.28 Å². The lowest BCUT2D eigenvalue weighted by Crippen LogP contribution is -2.71. The molecule has 4 nitrogen and oxygen atoms in total. The highest BCUT2D eigenvalue weighted by Gasteiger charge is 2.53. The maximum absolute atomic E-state index is 11.9. The molecule has 4 heteroatoms. The monoisotopic (exact) mass is 316 g/mol. The third-order valence-corrected chi connectivity index (χ3v) is 6.19. The molecule has 1 saturated carbocycles. The molecule has 1 aliphatic carbocycles. The highest BCUT2D eigenvalue weighted by Crippen LogP contribution is 2.43. The van der Waals surface area contributed by atoms with Crippen molar-refractivity contribution in [3.05, 3.63) is 35.9 Å². The average Bonchev–Trinajstić information content (AvgIpc) is 3.00. The SMILES string of the molecule is CN1CC[N+](CC(N)=O)(C2(Cc3ccccc3)CCCC2)CC1. The highest BCUT2D eigenvalue weighted by atomic mass is 16.1. The van der Waals surface area contributed by atoms with Crippen LogP contribution in [-0.4, -0.2) is 60.6 Å². The molecule has 1 aromatic carbocycles. The van der Waals surface area contributed by atoms with Gasteiger partial charge in [-0.15, -0.1) is 0 Å². The molecule has 23 heavy (non-hydrogen) atoms. The lowest BCUT2D eigenvalue weighted by Gasteiger charge is -2.55. The van der Waals surface area contributed by atoms with Crippen LogP contribution in [0.15, 0.2) is 30.3 Å². The van der Waals surface area contributed by atoms with E-state index in [-0.39, 0.29) is 11.4 Å². The Morgan fingerprint density at radius 2 is 1.78 bits per heavy atom. The first-order valence-corrected chi connectivity index (χ1v) is 8.92. The number of hydrogen-bond donors (Lipinski definition) is 1. The van der Waals surface area contributed by atoms with Crippen molar-refractivity contribution in [2.75, 3.05) is 39.8 Å². The zero-order chi connectivity index (χ0) is 16.3. The molecule has 0 atom stereocenters. The normalized spacial score (nSPS) is 23.7. The van der Waals surface area contributed by atoms with Gasteiger partial charge in [-0.05, 0) is 25.5 Å². The van der Waals surface area contributed by atoms with E-state index < -0.39 is 0 Å². The van der Waals surface area contributed by atoms with Crippen LogP contribution in [0.1, 0.15) is 31.2 Å². The van der Waals surface area contributed by atoms with Crippen LogP contribution in [0.25, 0.3) is 0 Å². The van der Waals surface area contributed by atoms with Gasteiger partial charge in [0.05, 0.1) is 13.1 Å². The molecule has 1 aromatic rings. The molecule has 2 aliphatic rings. The zero-order valence-electron chi connectivity index (χ0n) is 14.3. The second kappa shape index (κ2) is 6.62. The molecular weight excluding hydrogens is 286 g/mol. The number of rotatable bonds is 5. The second-order valence-corrected chi connectivity index (χ2v) is 7.61. The Labute approximate surface area is 139 Å². The Kier molecular flexibility index (Phi) is 4.74. The first-order valence-electron chi connectivity index (χ1n) is 8.92. The smallest absolute Gasteiger partial charge is 0.272 e. The molecule has 3 rings (SSSR count). The van der Waals surface area contributed by atoms with Crippen molar-refractivity contribution in [2.24, 2.45) is 5.73 Å². The number of quaternary nitrogens is 1. The summed E-state index contributed by atoms with van der Waals surface area (Å²) < 4.78 is 0.904. The van der Waals surface area contributed by atoms with Crippen molar-refractivity contribution in [3.8, 4) is 0 Å². The highest BCUT2D eigenvalue weighted by molar-refractivity contribution is 5.75. The molecular formula is C19H30N3O+. The van der Waals surface area contributed by atoms with Crippen LogP contribution in [0, 0.1) is 0 Å². The second-order valence-electron chi connectivity index (χ2n) is 7.61. The van der Waals surface area contributed by atoms with Gasteiger partial charge in [0.1, 0.15) is 5.54 Å². The number of nitrogens with zero attached hydrogens (tertiary/aromatic N) is 2. The number of benzene rings is 1. The van der Waals surface area contributed by atoms with Crippen LogP contribution >= 0.6 is 0 Å². The van der Waals surface area contributed by atoms with Gasteiger partial charge in [0.25, 0.3) is 5.91 Å². The van der Waals surface area contributed by atoms with Gasteiger partial charge in [0.2, 0.25) is 0 Å². The molecule has 1 heterocycles. The summed E-state index contributed by atoms with van der Waals surface area (Å²) in [6.07, 6.45) is 6.07. The summed E-state index contributed by atoms with van der Waals surface area (Å²) >= 11 is 0. The fourth-order valence-corrected chi connectivity index (χ4v) is 4.87. The van der Waals surface area contributed by atoms with E-state index >= 15 is 0 Å². The molecule has 0 radical (unpaired) electrons. The van der Waals surface area contributed by atoms with Crippen LogP contribution in [0.2, 0.25) is 0 Å². The first kappa shape index (κ1) is 16.5. The van der Waals surface area contributed by atoms with Crippen LogP contribution in [0.5, 0.6) is 0 Å². The van der Waals surface area contributed by atoms with E-state index in [0.717, 1.165) is 37.1 Å². The molecule has 126 valence electrons. The van der Waals surface area contributed by atoms with Crippen molar-refractivity contribution in [2.45, 2.75) is 37.6 Å². The van der Waals surface area contributed by atoms with Crippen LogP contribution in [-0.2, 0) is 11.2 Å². The lowest BCUT2D eigenvalue weighted by atomic mass is 9.83. The molecule has 0 aromatic heterocycles. The molecule has 0 unspecified atom stereocenters. The maximum atomic E-state index is 11.9. The number of nitrogens with two attached hydrogens (primary N) is 1. The molecule has 2 N–H and O–H groups in total. The predicted octanol–water partition coefficient (Wildman–Crippen LogP) is 1.79. The Bertz CT molecular complexity index is 529. The van der Waals surface area contributed by atoms with Crippen LogP contribution < -0.4 is 5.73 Å². The van der Waals surface area contributed by atoms with Gasteiger partial charge in [0.15, 0.2) is 6.54 Å². The van der Waals surface area contributed by atoms with E-state index in [9.17, 15) is 4.79 Å². The largest absolute Gasteiger partial charge is 0.365 e. The Hall–Kier alpha value is -1.39. The van der Waals surface area contributed by atoms with Gasteiger partial charge in [0, 0.05) is 32.4 Å². The number of primary amides is 1. The summed E-state index contributed by atoms with van der Waals surface area (Å²) in [5.41, 5.74) is 7.29. The van der Waals surface area contributed by atoms with E-state index in [1.807, 2.05) is 0 Å². The number of likely N-dealkylation sites (N-methyl/N-ethyl adjacent to an activating group) is 1. The summed E-state index contributed by atoms with van der Waals surface area (Å²) in [5, 5.41) is 0. The average molecular weight is 316 g/mol. The van der Waals surface area contributed by atoms with Gasteiger partial charge >= 0.3 is 0 Å². The Morgan fingerprint density at radius 3 is 2.35 bits per heavy atom. The fourth-order valence-electron chi connectivity index (χ4n) is 4.87. The van der Waals surface area contributed by atoms with Crippen molar-refractivity contribution in [1.29, 1.82) is 0 Å². The van der Waals surface area contributed by atoms with Crippen molar-refractivity contribution in [1.82, 2.24) is 4.90 Å².